The third-order valence-corrected chi connectivity index (χ3v) is 11.2. The van der Waals surface area contributed by atoms with Crippen molar-refractivity contribution in [3.8, 4) is 0 Å². The Kier molecular flexibility index (Phi) is 6.92. The first-order valence-electron chi connectivity index (χ1n) is 10.1. The van der Waals surface area contributed by atoms with Crippen LogP contribution in [0.1, 0.15) is 33.4 Å². The Labute approximate surface area is 193 Å². The zero-order valence-electron chi connectivity index (χ0n) is 18.8. The first-order chi connectivity index (χ1) is 13.9. The molecule has 0 bridgehead atoms. The molecule has 0 aromatic carbocycles. The SMILES string of the molecule is CN(C)/C=N/c1ncnc2c1c(I)cn2[C@H]1CC(O)[C@@H](CO[Si](C)(C)C(C)(C)C)O1. The predicted molar refractivity (Wildman–Crippen MR) is 130 cm³/mol. The highest BCUT2D eigenvalue weighted by Gasteiger charge is 2.41. The maximum absolute atomic E-state index is 10.6. The van der Waals surface area contributed by atoms with Crippen molar-refractivity contribution < 1.29 is 14.3 Å². The molecule has 1 fully saturated rings. The van der Waals surface area contributed by atoms with Gasteiger partial charge in [-0.2, -0.15) is 0 Å². The van der Waals surface area contributed by atoms with Gasteiger partial charge < -0.3 is 23.7 Å². The third-order valence-electron chi connectivity index (χ3n) is 5.88. The number of hydrogen-bond donors (Lipinski definition) is 1. The highest BCUT2D eigenvalue weighted by molar-refractivity contribution is 14.1. The number of aliphatic imine (C=N–C) groups is 1. The van der Waals surface area contributed by atoms with E-state index in [1.165, 1.54) is 6.33 Å². The van der Waals surface area contributed by atoms with Gasteiger partial charge in [-0.15, -0.1) is 0 Å². The van der Waals surface area contributed by atoms with Crippen LogP contribution in [0.3, 0.4) is 0 Å². The fourth-order valence-corrected chi connectivity index (χ4v) is 4.85. The van der Waals surface area contributed by atoms with Crippen molar-refractivity contribution >= 4 is 54.1 Å². The van der Waals surface area contributed by atoms with Gasteiger partial charge in [-0.25, -0.2) is 15.0 Å². The van der Waals surface area contributed by atoms with E-state index in [1.54, 1.807) is 6.34 Å². The summed E-state index contributed by atoms with van der Waals surface area (Å²) in [6, 6.07) is 0. The summed E-state index contributed by atoms with van der Waals surface area (Å²) in [4.78, 5) is 15.1. The Bertz CT molecular complexity index is 925. The first kappa shape index (κ1) is 23.6. The second-order valence-electron chi connectivity index (χ2n) is 9.49. The first-order valence-corrected chi connectivity index (χ1v) is 14.1. The molecule has 3 rings (SSSR count). The largest absolute Gasteiger partial charge is 0.414 e. The minimum absolute atomic E-state index is 0.114. The Morgan fingerprint density at radius 3 is 2.73 bits per heavy atom. The molecule has 3 heterocycles. The maximum atomic E-state index is 10.6. The number of aliphatic hydroxyl groups excluding tert-OH is 1. The van der Waals surface area contributed by atoms with Crippen LogP contribution in [0.5, 0.6) is 0 Å². The zero-order valence-corrected chi connectivity index (χ0v) is 21.9. The van der Waals surface area contributed by atoms with Gasteiger partial charge in [0.1, 0.15) is 24.3 Å². The Balaban J connectivity index is 1.81. The lowest BCUT2D eigenvalue weighted by Gasteiger charge is -2.37. The van der Waals surface area contributed by atoms with Gasteiger partial charge in [-0.1, -0.05) is 20.8 Å². The highest BCUT2D eigenvalue weighted by atomic mass is 127. The van der Waals surface area contributed by atoms with Crippen LogP contribution in [-0.4, -0.2) is 72.1 Å². The van der Waals surface area contributed by atoms with Gasteiger partial charge in [0.2, 0.25) is 0 Å². The molecule has 1 aliphatic heterocycles. The molecular weight excluding hydrogens is 513 g/mol. The van der Waals surface area contributed by atoms with Gasteiger partial charge in [0, 0.05) is 30.3 Å². The predicted octanol–water partition coefficient (Wildman–Crippen LogP) is 3.93. The van der Waals surface area contributed by atoms with Crippen molar-refractivity contribution in [1.82, 2.24) is 19.4 Å². The summed E-state index contributed by atoms with van der Waals surface area (Å²) in [6.07, 6.45) is 4.48. The molecule has 0 radical (unpaired) electrons. The molecule has 0 aliphatic carbocycles. The third kappa shape index (κ3) is 4.87. The van der Waals surface area contributed by atoms with Crippen LogP contribution in [0.2, 0.25) is 18.1 Å². The number of hydrogen-bond acceptors (Lipinski definition) is 6. The summed E-state index contributed by atoms with van der Waals surface area (Å²) in [5.74, 6) is 0.619. The molecule has 0 saturated carbocycles. The highest BCUT2D eigenvalue weighted by Crippen LogP contribution is 2.39. The molecule has 2 aromatic heterocycles. The maximum Gasteiger partial charge on any atom is 0.192 e. The number of ether oxygens (including phenoxy) is 1. The number of nitrogens with zero attached hydrogens (tertiary/aromatic N) is 5. The van der Waals surface area contributed by atoms with Crippen LogP contribution in [0.4, 0.5) is 5.82 Å². The minimum Gasteiger partial charge on any atom is -0.414 e. The summed E-state index contributed by atoms with van der Waals surface area (Å²) >= 11 is 2.27. The molecule has 8 nitrogen and oxygen atoms in total. The molecule has 1 saturated heterocycles. The molecule has 0 amide bonds. The molecule has 3 atom stereocenters. The Morgan fingerprint density at radius 1 is 1.40 bits per heavy atom. The van der Waals surface area contributed by atoms with Crippen molar-refractivity contribution in [3.05, 3.63) is 16.1 Å². The van der Waals surface area contributed by atoms with Gasteiger partial charge >= 0.3 is 0 Å². The monoisotopic (exact) mass is 545 g/mol. The lowest BCUT2D eigenvalue weighted by atomic mass is 10.2. The van der Waals surface area contributed by atoms with Crippen molar-refractivity contribution in [2.75, 3.05) is 20.7 Å². The van der Waals surface area contributed by atoms with E-state index in [0.29, 0.717) is 18.8 Å². The molecule has 1 aliphatic rings. The Morgan fingerprint density at radius 2 is 2.10 bits per heavy atom. The normalized spacial score (nSPS) is 23.0. The average Bonchev–Trinajstić information content (AvgIpc) is 3.17. The summed E-state index contributed by atoms with van der Waals surface area (Å²) < 4.78 is 15.5. The van der Waals surface area contributed by atoms with Crippen molar-refractivity contribution in [2.45, 2.75) is 63.8 Å². The van der Waals surface area contributed by atoms with Crippen molar-refractivity contribution in [2.24, 2.45) is 4.99 Å². The fourth-order valence-electron chi connectivity index (χ4n) is 3.05. The van der Waals surface area contributed by atoms with Crippen LogP contribution in [0, 0.1) is 3.57 Å². The van der Waals surface area contributed by atoms with Gasteiger partial charge in [-0.3, -0.25) is 0 Å². The summed E-state index contributed by atoms with van der Waals surface area (Å²) in [6.45, 7) is 11.4. The molecule has 0 spiro atoms. The van der Waals surface area contributed by atoms with E-state index in [2.05, 4.69) is 71.4 Å². The molecule has 166 valence electrons. The number of aromatic nitrogens is 3. The quantitative estimate of drug-likeness (QED) is 0.256. The van der Waals surface area contributed by atoms with Gasteiger partial charge in [0.25, 0.3) is 0 Å². The van der Waals surface area contributed by atoms with Gasteiger partial charge in [0.15, 0.2) is 14.1 Å². The fraction of sp³-hybridized carbons (Fsp3) is 0.650. The molecule has 10 heteroatoms. The minimum atomic E-state index is -1.91. The number of aliphatic hydroxyl groups is 1. The van der Waals surface area contributed by atoms with Crippen LogP contribution in [0.25, 0.3) is 11.0 Å². The second kappa shape index (κ2) is 8.81. The number of fused-ring (bicyclic) bond motifs is 1. The van der Waals surface area contributed by atoms with Crippen molar-refractivity contribution in [3.63, 3.8) is 0 Å². The van der Waals surface area contributed by atoms with Crippen LogP contribution >= 0.6 is 22.6 Å². The van der Waals surface area contributed by atoms with Crippen LogP contribution < -0.4 is 0 Å². The van der Waals surface area contributed by atoms with Gasteiger partial charge in [-0.05, 0) is 40.7 Å². The molecule has 2 aromatic rings. The summed E-state index contributed by atoms with van der Waals surface area (Å²) in [5.41, 5.74) is 0.753. The standard InChI is InChI=1S/C20H32IN5O3Si/c1-20(2,3)30(6,7)28-10-15-14(27)8-16(29-15)26-9-13(21)17-18(24-12-25(4)5)22-11-23-19(17)26/h9,11-12,14-16,27H,8,10H2,1-7H3/b24-12+/t14?,15-,16-/m1/s1. The zero-order chi connectivity index (χ0) is 22.3. The van der Waals surface area contributed by atoms with Crippen molar-refractivity contribution in [1.29, 1.82) is 0 Å². The van der Waals surface area contributed by atoms with E-state index >= 15 is 0 Å². The summed E-state index contributed by atoms with van der Waals surface area (Å²) in [7, 11) is 1.92. The molecule has 1 unspecified atom stereocenters. The van der Waals surface area contributed by atoms with E-state index in [-0.39, 0.29) is 17.4 Å². The van der Waals surface area contributed by atoms with Crippen LogP contribution in [-0.2, 0) is 9.16 Å². The Hall–Kier alpha value is -1.08. The average molecular weight is 545 g/mol. The lowest BCUT2D eigenvalue weighted by Crippen LogP contribution is -2.43. The summed E-state index contributed by atoms with van der Waals surface area (Å²) in [5, 5.41) is 11.6. The second-order valence-corrected chi connectivity index (χ2v) is 15.5. The van der Waals surface area contributed by atoms with E-state index in [0.717, 1.165) is 14.6 Å². The smallest absolute Gasteiger partial charge is 0.192 e. The van der Waals surface area contributed by atoms with Crippen LogP contribution in [0.15, 0.2) is 17.5 Å². The topological polar surface area (TPSA) is 85.0 Å². The van der Waals surface area contributed by atoms with E-state index in [1.807, 2.05) is 29.8 Å². The lowest BCUT2D eigenvalue weighted by molar-refractivity contribution is -0.0403. The molecule has 30 heavy (non-hydrogen) atoms. The number of rotatable bonds is 6. The molecule has 1 N–H and O–H groups in total. The van der Waals surface area contributed by atoms with E-state index < -0.39 is 14.4 Å². The van der Waals surface area contributed by atoms with E-state index in [9.17, 15) is 5.11 Å². The van der Waals surface area contributed by atoms with Gasteiger partial charge in [0.05, 0.1) is 24.4 Å². The number of halogens is 1. The van der Waals surface area contributed by atoms with E-state index in [4.69, 9.17) is 9.16 Å². The molecular formula is C20H32IN5O3Si.